The lowest BCUT2D eigenvalue weighted by molar-refractivity contribution is -0.114. The van der Waals surface area contributed by atoms with Crippen molar-refractivity contribution in [3.05, 3.63) is 123 Å². The highest BCUT2D eigenvalue weighted by Crippen LogP contribution is 2.59. The van der Waals surface area contributed by atoms with Crippen molar-refractivity contribution >= 4 is 69.0 Å². The average Bonchev–Trinajstić information content (AvgIpc) is 3.65. The van der Waals surface area contributed by atoms with Crippen LogP contribution in [0.1, 0.15) is 20.8 Å². The van der Waals surface area contributed by atoms with E-state index in [0.717, 1.165) is 22.5 Å². The predicted molar refractivity (Wildman–Crippen MR) is 156 cm³/mol. The SMILES string of the molecule is Cc1ccc(N2N=C(C(=O)c3cccs3)S[C@]23S/C(=C/c2ccccc2)C(=O)N3c2ccccc2)cc1. The van der Waals surface area contributed by atoms with E-state index in [1.54, 1.807) is 11.0 Å². The molecule has 1 saturated heterocycles. The van der Waals surface area contributed by atoms with Crippen molar-refractivity contribution in [3.8, 4) is 0 Å². The summed E-state index contributed by atoms with van der Waals surface area (Å²) in [6.45, 7) is 2.03. The van der Waals surface area contributed by atoms with Gasteiger partial charge in [0.2, 0.25) is 10.1 Å². The van der Waals surface area contributed by atoms with Crippen molar-refractivity contribution in [1.82, 2.24) is 0 Å². The zero-order valence-electron chi connectivity index (χ0n) is 19.8. The first kappa shape index (κ1) is 23.8. The molecule has 1 fully saturated rings. The minimum Gasteiger partial charge on any atom is -0.285 e. The Morgan fingerprint density at radius 2 is 1.54 bits per heavy atom. The highest BCUT2D eigenvalue weighted by molar-refractivity contribution is 8.29. The smallest absolute Gasteiger partial charge is 0.268 e. The van der Waals surface area contributed by atoms with Crippen molar-refractivity contribution in [3.63, 3.8) is 0 Å². The lowest BCUT2D eigenvalue weighted by atomic mass is 10.2. The number of ketones is 1. The first-order chi connectivity index (χ1) is 18.0. The second-order valence-corrected chi connectivity index (χ2v) is 12.1. The van der Waals surface area contributed by atoms with E-state index in [1.807, 2.05) is 114 Å². The average molecular weight is 540 g/mol. The number of amides is 1. The van der Waals surface area contributed by atoms with E-state index in [4.69, 9.17) is 5.10 Å². The molecule has 1 atom stereocenters. The number of Topliss-reactive ketones (excluding diaryl/α,β-unsaturated/α-hetero) is 1. The quantitative estimate of drug-likeness (QED) is 0.198. The Kier molecular flexibility index (Phi) is 6.24. The molecule has 8 heteroatoms. The first-order valence-electron chi connectivity index (χ1n) is 11.6. The molecular formula is C29H21N3O2S3. The summed E-state index contributed by atoms with van der Waals surface area (Å²) in [4.78, 5) is 30.5. The standard InChI is InChI=1S/C29H21N3O2S3/c1-20-14-16-23(17-15-20)32-29(37-27(30-32)26(33)24-13-8-18-35-24)31(22-11-6-3-7-12-22)28(34)25(36-29)19-21-9-4-2-5-10-21/h2-19H,1H3/b25-19+/t29-/m0/s1. The second kappa shape index (κ2) is 9.70. The molecule has 0 unspecified atom stereocenters. The number of hydrazone groups is 1. The van der Waals surface area contributed by atoms with Crippen molar-refractivity contribution < 1.29 is 9.59 Å². The minimum atomic E-state index is -1.05. The van der Waals surface area contributed by atoms with Gasteiger partial charge in [-0.15, -0.1) is 11.3 Å². The molecule has 0 radical (unpaired) electrons. The molecule has 1 spiro atoms. The van der Waals surface area contributed by atoms with E-state index in [-0.39, 0.29) is 11.7 Å². The van der Waals surface area contributed by atoms with Crippen LogP contribution < -0.4 is 9.91 Å². The first-order valence-corrected chi connectivity index (χ1v) is 14.1. The summed E-state index contributed by atoms with van der Waals surface area (Å²) in [5.41, 5.74) is 3.59. The minimum absolute atomic E-state index is 0.135. The van der Waals surface area contributed by atoms with Gasteiger partial charge in [-0.1, -0.05) is 84.1 Å². The van der Waals surface area contributed by atoms with Gasteiger partial charge >= 0.3 is 0 Å². The summed E-state index contributed by atoms with van der Waals surface area (Å²) in [6.07, 6.45) is 1.91. The van der Waals surface area contributed by atoms with Crippen LogP contribution in [0.3, 0.4) is 0 Å². The number of carbonyl (C=O) groups is 2. The summed E-state index contributed by atoms with van der Waals surface area (Å²) in [7, 11) is 0. The molecule has 6 rings (SSSR count). The summed E-state index contributed by atoms with van der Waals surface area (Å²) in [5.74, 6) is -0.278. The van der Waals surface area contributed by atoms with Gasteiger partial charge in [-0.25, -0.2) is 5.01 Å². The number of anilines is 2. The molecule has 37 heavy (non-hydrogen) atoms. The largest absolute Gasteiger partial charge is 0.285 e. The van der Waals surface area contributed by atoms with Gasteiger partial charge in [0.25, 0.3) is 5.91 Å². The van der Waals surface area contributed by atoms with Crippen LogP contribution in [0.5, 0.6) is 0 Å². The lowest BCUT2D eigenvalue weighted by Gasteiger charge is -2.38. The van der Waals surface area contributed by atoms with Gasteiger partial charge in [0, 0.05) is 5.69 Å². The molecule has 3 heterocycles. The Balaban J connectivity index is 1.52. The van der Waals surface area contributed by atoms with Gasteiger partial charge in [-0.2, -0.15) is 5.10 Å². The monoisotopic (exact) mass is 539 g/mol. The van der Waals surface area contributed by atoms with Gasteiger partial charge in [-0.05, 0) is 66.0 Å². The summed E-state index contributed by atoms with van der Waals surface area (Å²) in [5, 5.41) is 8.91. The lowest BCUT2D eigenvalue weighted by Crippen LogP contribution is -2.51. The molecular weight excluding hydrogens is 519 g/mol. The number of thioether (sulfide) groups is 2. The Bertz CT molecular complexity index is 1520. The molecule has 0 N–H and O–H groups in total. The van der Waals surface area contributed by atoms with Crippen LogP contribution in [0, 0.1) is 6.92 Å². The fraction of sp³-hybridized carbons (Fsp3) is 0.0690. The van der Waals surface area contributed by atoms with E-state index in [2.05, 4.69) is 0 Å². The van der Waals surface area contributed by atoms with Crippen LogP contribution >= 0.6 is 34.9 Å². The Hall–Kier alpha value is -3.59. The zero-order valence-corrected chi connectivity index (χ0v) is 22.2. The number of para-hydroxylation sites is 1. The predicted octanol–water partition coefficient (Wildman–Crippen LogP) is 7.24. The number of hydrogen-bond acceptors (Lipinski definition) is 7. The number of rotatable bonds is 5. The van der Waals surface area contributed by atoms with Gasteiger partial charge in [-0.3, -0.25) is 14.5 Å². The van der Waals surface area contributed by atoms with Gasteiger partial charge in [0.15, 0.2) is 5.04 Å². The van der Waals surface area contributed by atoms with Gasteiger partial charge in [0.1, 0.15) is 0 Å². The van der Waals surface area contributed by atoms with E-state index in [0.29, 0.717) is 14.8 Å². The molecule has 5 nitrogen and oxygen atoms in total. The molecule has 182 valence electrons. The molecule has 0 bridgehead atoms. The molecule has 2 aliphatic heterocycles. The van der Waals surface area contributed by atoms with Crippen molar-refractivity contribution in [2.45, 2.75) is 11.3 Å². The van der Waals surface area contributed by atoms with Crippen molar-refractivity contribution in [2.75, 3.05) is 9.91 Å². The molecule has 3 aromatic carbocycles. The van der Waals surface area contributed by atoms with E-state index < -0.39 is 4.33 Å². The van der Waals surface area contributed by atoms with Crippen LogP contribution in [0.4, 0.5) is 11.4 Å². The molecule has 2 aliphatic rings. The fourth-order valence-electron chi connectivity index (χ4n) is 4.18. The third kappa shape index (κ3) is 4.31. The number of carbonyl (C=O) groups excluding carboxylic acids is 2. The number of nitrogens with zero attached hydrogens (tertiary/aromatic N) is 3. The van der Waals surface area contributed by atoms with Crippen LogP contribution in [0.2, 0.25) is 0 Å². The third-order valence-corrected chi connectivity index (χ3v) is 9.54. The third-order valence-electron chi connectivity index (χ3n) is 5.96. The maximum Gasteiger partial charge on any atom is 0.268 e. The van der Waals surface area contributed by atoms with E-state index in [1.165, 1.54) is 34.9 Å². The Morgan fingerprint density at radius 3 is 2.22 bits per heavy atom. The Labute approximate surface area is 227 Å². The number of benzene rings is 3. The Morgan fingerprint density at radius 1 is 0.838 bits per heavy atom. The number of thiophene rings is 1. The van der Waals surface area contributed by atoms with Crippen LogP contribution in [0.15, 0.2) is 112 Å². The van der Waals surface area contributed by atoms with Gasteiger partial charge < -0.3 is 0 Å². The van der Waals surface area contributed by atoms with Crippen LogP contribution in [-0.2, 0) is 4.79 Å². The molecule has 1 aromatic heterocycles. The topological polar surface area (TPSA) is 53.0 Å². The summed E-state index contributed by atoms with van der Waals surface area (Å²) in [6, 6.07) is 31.0. The number of aryl methyl sites for hydroxylation is 1. The van der Waals surface area contributed by atoms with Crippen LogP contribution in [-0.4, -0.2) is 21.1 Å². The van der Waals surface area contributed by atoms with Crippen molar-refractivity contribution in [1.29, 1.82) is 0 Å². The normalized spacial score (nSPS) is 20.2. The van der Waals surface area contributed by atoms with Crippen molar-refractivity contribution in [2.24, 2.45) is 5.10 Å². The molecule has 4 aromatic rings. The highest BCUT2D eigenvalue weighted by Gasteiger charge is 2.60. The number of hydrogen-bond donors (Lipinski definition) is 0. The zero-order chi connectivity index (χ0) is 25.4. The van der Waals surface area contributed by atoms with E-state index >= 15 is 0 Å². The fourth-order valence-corrected chi connectivity index (χ4v) is 7.84. The second-order valence-electron chi connectivity index (χ2n) is 8.51. The summed E-state index contributed by atoms with van der Waals surface area (Å²) < 4.78 is -1.05. The maximum absolute atomic E-state index is 14.1. The molecule has 1 amide bonds. The van der Waals surface area contributed by atoms with E-state index in [9.17, 15) is 9.59 Å². The summed E-state index contributed by atoms with van der Waals surface area (Å²) >= 11 is 4.12. The highest BCUT2D eigenvalue weighted by atomic mass is 32.2. The molecule has 0 saturated carbocycles. The van der Waals surface area contributed by atoms with Gasteiger partial charge in [0.05, 0.1) is 15.5 Å². The van der Waals surface area contributed by atoms with Crippen LogP contribution in [0.25, 0.3) is 6.08 Å². The maximum atomic E-state index is 14.1. The molecule has 0 aliphatic carbocycles.